The van der Waals surface area contributed by atoms with Crippen molar-refractivity contribution in [2.75, 3.05) is 43.4 Å². The molecule has 0 unspecified atom stereocenters. The number of benzene rings is 2. The number of hydrogen-bond donors (Lipinski definition) is 2. The highest BCUT2D eigenvalue weighted by Gasteiger charge is 2.17. The third-order valence-electron chi connectivity index (χ3n) is 5.25. The SMILES string of the molecule is CN1CCN(c2ccc3c(Nc4ccc(CN)cc4F)c(C#N)nnc3c2)CC1. The van der Waals surface area contributed by atoms with Crippen molar-refractivity contribution in [3.8, 4) is 6.07 Å². The van der Waals surface area contributed by atoms with Gasteiger partial charge in [-0.2, -0.15) is 5.26 Å². The Balaban J connectivity index is 1.72. The summed E-state index contributed by atoms with van der Waals surface area (Å²) < 4.78 is 14.4. The summed E-state index contributed by atoms with van der Waals surface area (Å²) >= 11 is 0. The Morgan fingerprint density at radius 2 is 1.93 bits per heavy atom. The summed E-state index contributed by atoms with van der Waals surface area (Å²) in [4.78, 5) is 4.60. The van der Waals surface area contributed by atoms with Crippen LogP contribution < -0.4 is 16.0 Å². The molecule has 0 aliphatic carbocycles. The molecule has 1 saturated heterocycles. The lowest BCUT2D eigenvalue weighted by atomic mass is 10.1. The summed E-state index contributed by atoms with van der Waals surface area (Å²) in [6.07, 6.45) is 0. The van der Waals surface area contributed by atoms with E-state index in [4.69, 9.17) is 5.73 Å². The summed E-state index contributed by atoms with van der Waals surface area (Å²) in [5.74, 6) is -0.434. The van der Waals surface area contributed by atoms with Crippen LogP contribution in [0.5, 0.6) is 0 Å². The number of fused-ring (bicyclic) bond motifs is 1. The van der Waals surface area contributed by atoms with Gasteiger partial charge in [0.25, 0.3) is 0 Å². The van der Waals surface area contributed by atoms with Crippen LogP contribution in [0.1, 0.15) is 11.3 Å². The van der Waals surface area contributed by atoms with Crippen molar-refractivity contribution in [1.29, 1.82) is 5.26 Å². The number of likely N-dealkylation sites (N-methyl/N-ethyl adjacent to an activating group) is 1. The molecular weight excluding hydrogens is 369 g/mol. The average molecular weight is 391 g/mol. The maximum absolute atomic E-state index is 14.4. The van der Waals surface area contributed by atoms with Gasteiger partial charge in [0.2, 0.25) is 0 Å². The van der Waals surface area contributed by atoms with Gasteiger partial charge in [-0.15, -0.1) is 10.2 Å². The van der Waals surface area contributed by atoms with Crippen LogP contribution in [0.3, 0.4) is 0 Å². The minimum absolute atomic E-state index is 0.118. The van der Waals surface area contributed by atoms with E-state index in [1.54, 1.807) is 12.1 Å². The molecule has 0 spiro atoms. The number of halogens is 1. The van der Waals surface area contributed by atoms with E-state index in [9.17, 15) is 9.65 Å². The number of aromatic nitrogens is 2. The largest absolute Gasteiger partial charge is 0.369 e. The highest BCUT2D eigenvalue weighted by molar-refractivity contribution is 5.96. The summed E-state index contributed by atoms with van der Waals surface area (Å²) in [6.45, 7) is 4.14. The highest BCUT2D eigenvalue weighted by atomic mass is 19.1. The lowest BCUT2D eigenvalue weighted by molar-refractivity contribution is 0.313. The lowest BCUT2D eigenvalue weighted by Gasteiger charge is -2.34. The van der Waals surface area contributed by atoms with Gasteiger partial charge in [0.1, 0.15) is 11.9 Å². The van der Waals surface area contributed by atoms with Crippen molar-refractivity contribution in [1.82, 2.24) is 15.1 Å². The minimum atomic E-state index is -0.434. The minimum Gasteiger partial charge on any atom is -0.369 e. The summed E-state index contributed by atoms with van der Waals surface area (Å²) in [6, 6.07) is 12.7. The molecule has 148 valence electrons. The molecule has 0 bridgehead atoms. The van der Waals surface area contributed by atoms with Crippen LogP contribution in [0.2, 0.25) is 0 Å². The van der Waals surface area contributed by atoms with E-state index in [1.807, 2.05) is 24.3 Å². The molecule has 3 aromatic rings. The number of nitrogens with zero attached hydrogens (tertiary/aromatic N) is 5. The number of hydrogen-bond acceptors (Lipinski definition) is 7. The maximum atomic E-state index is 14.4. The monoisotopic (exact) mass is 391 g/mol. The van der Waals surface area contributed by atoms with Crippen LogP contribution in [0, 0.1) is 17.1 Å². The van der Waals surface area contributed by atoms with Gasteiger partial charge in [-0.05, 0) is 42.9 Å². The van der Waals surface area contributed by atoms with Gasteiger partial charge in [-0.25, -0.2) is 4.39 Å². The lowest BCUT2D eigenvalue weighted by Crippen LogP contribution is -2.44. The number of nitrogens with one attached hydrogen (secondary N) is 1. The molecule has 2 heterocycles. The molecule has 0 saturated carbocycles. The second kappa shape index (κ2) is 7.99. The molecule has 1 aliphatic heterocycles. The molecule has 1 fully saturated rings. The van der Waals surface area contributed by atoms with Gasteiger partial charge in [-0.1, -0.05) is 6.07 Å². The predicted octanol–water partition coefficient (Wildman–Crippen LogP) is 2.59. The standard InChI is InChI=1S/C21H22FN7/c1-28-6-8-29(9-7-28)15-3-4-16-19(11-15)26-27-20(13-24)21(16)25-18-5-2-14(12-23)10-17(18)22/h2-5,10-11H,6-9,12,23H2,1H3,(H,25,26). The van der Waals surface area contributed by atoms with E-state index in [-0.39, 0.29) is 17.9 Å². The number of nitrogens with two attached hydrogens (primary N) is 1. The fourth-order valence-corrected chi connectivity index (χ4v) is 3.48. The Hall–Kier alpha value is -3.28. The molecule has 0 amide bonds. The van der Waals surface area contributed by atoms with Crippen LogP contribution in [0.4, 0.5) is 21.5 Å². The maximum Gasteiger partial charge on any atom is 0.187 e. The Morgan fingerprint density at radius 1 is 1.14 bits per heavy atom. The van der Waals surface area contributed by atoms with Crippen LogP contribution in [0.25, 0.3) is 10.9 Å². The smallest absolute Gasteiger partial charge is 0.187 e. The Bertz CT molecular complexity index is 1080. The molecule has 2 aromatic carbocycles. The van der Waals surface area contributed by atoms with E-state index >= 15 is 0 Å². The fourth-order valence-electron chi connectivity index (χ4n) is 3.48. The molecule has 1 aromatic heterocycles. The zero-order valence-corrected chi connectivity index (χ0v) is 16.2. The van der Waals surface area contributed by atoms with Crippen LogP contribution in [-0.4, -0.2) is 48.3 Å². The molecule has 8 heteroatoms. The summed E-state index contributed by atoms with van der Waals surface area (Å²) in [7, 11) is 2.11. The molecule has 1 aliphatic rings. The first-order valence-corrected chi connectivity index (χ1v) is 9.48. The van der Waals surface area contributed by atoms with Crippen molar-refractivity contribution in [3.05, 3.63) is 53.5 Å². The van der Waals surface area contributed by atoms with Gasteiger partial charge < -0.3 is 20.9 Å². The van der Waals surface area contributed by atoms with Crippen molar-refractivity contribution in [2.45, 2.75) is 6.54 Å². The van der Waals surface area contributed by atoms with E-state index in [0.29, 0.717) is 16.8 Å². The predicted molar refractivity (Wildman–Crippen MR) is 112 cm³/mol. The Morgan fingerprint density at radius 3 is 2.62 bits per heavy atom. The van der Waals surface area contributed by atoms with Gasteiger partial charge in [0, 0.05) is 43.8 Å². The van der Waals surface area contributed by atoms with Crippen LogP contribution in [-0.2, 0) is 6.54 Å². The molecule has 4 rings (SSSR count). The van der Waals surface area contributed by atoms with E-state index < -0.39 is 5.82 Å². The summed E-state index contributed by atoms with van der Waals surface area (Å²) in [5.41, 5.74) is 8.81. The highest BCUT2D eigenvalue weighted by Crippen LogP contribution is 2.31. The quantitative estimate of drug-likeness (QED) is 0.706. The van der Waals surface area contributed by atoms with Crippen molar-refractivity contribution < 1.29 is 4.39 Å². The second-order valence-electron chi connectivity index (χ2n) is 7.17. The topological polar surface area (TPSA) is 94.1 Å². The zero-order chi connectivity index (χ0) is 20.4. The average Bonchev–Trinajstić information content (AvgIpc) is 2.75. The Labute approximate surface area is 168 Å². The third-order valence-corrected chi connectivity index (χ3v) is 5.25. The van der Waals surface area contributed by atoms with Crippen molar-refractivity contribution in [2.24, 2.45) is 5.73 Å². The molecule has 0 atom stereocenters. The molecular formula is C21H22FN7. The van der Waals surface area contributed by atoms with Crippen LogP contribution >= 0.6 is 0 Å². The Kier molecular flexibility index (Phi) is 5.25. The van der Waals surface area contributed by atoms with Gasteiger partial charge >= 0.3 is 0 Å². The van der Waals surface area contributed by atoms with E-state index in [1.165, 1.54) is 6.07 Å². The first-order valence-electron chi connectivity index (χ1n) is 9.48. The van der Waals surface area contributed by atoms with Gasteiger partial charge in [0.15, 0.2) is 5.69 Å². The van der Waals surface area contributed by atoms with Crippen molar-refractivity contribution in [3.63, 3.8) is 0 Å². The molecule has 0 radical (unpaired) electrons. The number of piperazine rings is 1. The molecule has 3 N–H and O–H groups in total. The van der Waals surface area contributed by atoms with Gasteiger partial charge in [0.05, 0.1) is 16.9 Å². The molecule has 29 heavy (non-hydrogen) atoms. The van der Waals surface area contributed by atoms with Crippen molar-refractivity contribution >= 4 is 28.0 Å². The number of rotatable bonds is 4. The first kappa shape index (κ1) is 19.1. The third kappa shape index (κ3) is 3.83. The molecule has 7 nitrogen and oxygen atoms in total. The van der Waals surface area contributed by atoms with Gasteiger partial charge in [-0.3, -0.25) is 0 Å². The number of anilines is 3. The second-order valence-corrected chi connectivity index (χ2v) is 7.17. The fraction of sp³-hybridized carbons (Fsp3) is 0.286. The summed E-state index contributed by atoms with van der Waals surface area (Å²) in [5, 5.41) is 21.5. The number of nitriles is 1. The zero-order valence-electron chi connectivity index (χ0n) is 16.2. The normalized spacial score (nSPS) is 14.8. The van der Waals surface area contributed by atoms with Crippen LogP contribution in [0.15, 0.2) is 36.4 Å². The van der Waals surface area contributed by atoms with E-state index in [2.05, 4.69) is 32.4 Å². The van der Waals surface area contributed by atoms with E-state index in [0.717, 1.165) is 37.3 Å². The first-order chi connectivity index (χ1) is 14.1.